The number of ether oxygens (including phenoxy) is 2. The van der Waals surface area contributed by atoms with E-state index < -0.39 is 17.7 Å². The highest BCUT2D eigenvalue weighted by Gasteiger charge is 2.48. The van der Waals surface area contributed by atoms with Crippen LogP contribution in [0.1, 0.15) is 35.2 Å². The van der Waals surface area contributed by atoms with Gasteiger partial charge in [-0.3, -0.25) is 14.5 Å². The minimum absolute atomic E-state index is 0.0158. The maximum absolute atomic E-state index is 13.6. The van der Waals surface area contributed by atoms with Gasteiger partial charge < -0.3 is 14.6 Å². The van der Waals surface area contributed by atoms with Crippen LogP contribution in [0.3, 0.4) is 0 Å². The third-order valence-electron chi connectivity index (χ3n) is 6.92. The van der Waals surface area contributed by atoms with Gasteiger partial charge in [0.05, 0.1) is 21.8 Å². The standard InChI is InChI=1S/C31H26N2O5S/c1-4-13-37-22-9-6-19(7-10-22)27-26(28(34)20-8-12-24-21(16-20)15-18(3)38-24)29(35)30(36)33(27)31-32-23-11-5-17(2)14-25(23)39-31/h4-12,14,16,18,27,34H,1,13,15H2,2-3H3/b28-26+/t18-,27-/m1/s1. The van der Waals surface area contributed by atoms with E-state index in [4.69, 9.17) is 14.5 Å². The van der Waals surface area contributed by atoms with Crippen molar-refractivity contribution in [3.8, 4) is 11.5 Å². The number of Topliss-reactive ketones (excluding diaryl/α,β-unsaturated/α-hetero) is 1. The van der Waals surface area contributed by atoms with Gasteiger partial charge in [-0.2, -0.15) is 0 Å². The molecule has 7 nitrogen and oxygen atoms in total. The van der Waals surface area contributed by atoms with E-state index in [-0.39, 0.29) is 17.4 Å². The molecule has 2 atom stereocenters. The Kier molecular flexibility index (Phi) is 6.19. The van der Waals surface area contributed by atoms with Crippen LogP contribution in [0.5, 0.6) is 11.5 Å². The van der Waals surface area contributed by atoms with Gasteiger partial charge >= 0.3 is 5.91 Å². The van der Waals surface area contributed by atoms with Gasteiger partial charge in [-0.05, 0) is 73.0 Å². The fourth-order valence-corrected chi connectivity index (χ4v) is 6.18. The zero-order valence-corrected chi connectivity index (χ0v) is 22.3. The molecule has 1 saturated heterocycles. The van der Waals surface area contributed by atoms with E-state index in [1.165, 1.54) is 16.2 Å². The number of hydrogen-bond donors (Lipinski definition) is 1. The van der Waals surface area contributed by atoms with Gasteiger partial charge in [0.15, 0.2) is 5.13 Å². The van der Waals surface area contributed by atoms with Crippen molar-refractivity contribution in [1.82, 2.24) is 4.98 Å². The van der Waals surface area contributed by atoms with Crippen LogP contribution in [0.25, 0.3) is 16.0 Å². The number of amides is 1. The van der Waals surface area contributed by atoms with Gasteiger partial charge in [0.25, 0.3) is 5.78 Å². The molecule has 39 heavy (non-hydrogen) atoms. The molecule has 1 N–H and O–H groups in total. The first-order valence-corrected chi connectivity index (χ1v) is 13.5. The second kappa shape index (κ2) is 9.71. The minimum atomic E-state index is -0.872. The van der Waals surface area contributed by atoms with Crippen molar-refractivity contribution < 1.29 is 24.2 Å². The van der Waals surface area contributed by atoms with Gasteiger partial charge in [-0.1, -0.05) is 42.2 Å². The number of aliphatic hydroxyl groups excluding tert-OH is 1. The molecule has 1 aromatic heterocycles. The van der Waals surface area contributed by atoms with Crippen LogP contribution in [0.2, 0.25) is 0 Å². The van der Waals surface area contributed by atoms with Crippen LogP contribution in [-0.2, 0) is 16.0 Å². The second-order valence-corrected chi connectivity index (χ2v) is 10.8. The largest absolute Gasteiger partial charge is 0.507 e. The minimum Gasteiger partial charge on any atom is -0.507 e. The lowest BCUT2D eigenvalue weighted by molar-refractivity contribution is -0.132. The maximum Gasteiger partial charge on any atom is 0.301 e. The summed E-state index contributed by atoms with van der Waals surface area (Å²) < 4.78 is 12.3. The number of aryl methyl sites for hydroxylation is 1. The van der Waals surface area contributed by atoms with Gasteiger partial charge in [0, 0.05) is 12.0 Å². The first-order valence-electron chi connectivity index (χ1n) is 12.7. The van der Waals surface area contributed by atoms with Crippen LogP contribution >= 0.6 is 11.3 Å². The fourth-order valence-electron chi connectivity index (χ4n) is 5.09. The number of carbonyl (C=O) groups excluding carboxylic acids is 2. The Morgan fingerprint density at radius 2 is 1.97 bits per heavy atom. The Balaban J connectivity index is 1.50. The quantitative estimate of drug-likeness (QED) is 0.138. The van der Waals surface area contributed by atoms with Crippen LogP contribution in [0, 0.1) is 6.92 Å². The molecule has 8 heteroatoms. The summed E-state index contributed by atoms with van der Waals surface area (Å²) in [4.78, 5) is 33.2. The van der Waals surface area contributed by atoms with Crippen LogP contribution in [0.4, 0.5) is 5.13 Å². The van der Waals surface area contributed by atoms with Crippen molar-refractivity contribution in [3.63, 3.8) is 0 Å². The van der Waals surface area contributed by atoms with Gasteiger partial charge in [0.1, 0.15) is 30.0 Å². The Morgan fingerprint density at radius 3 is 2.74 bits per heavy atom. The molecule has 0 saturated carbocycles. The van der Waals surface area contributed by atoms with E-state index >= 15 is 0 Å². The number of nitrogens with zero attached hydrogens (tertiary/aromatic N) is 2. The molecule has 196 valence electrons. The highest BCUT2D eigenvalue weighted by molar-refractivity contribution is 7.22. The average Bonchev–Trinajstić information content (AvgIpc) is 3.59. The monoisotopic (exact) mass is 538 g/mol. The number of ketones is 1. The van der Waals surface area contributed by atoms with Crippen molar-refractivity contribution >= 4 is 44.1 Å². The van der Waals surface area contributed by atoms with E-state index in [9.17, 15) is 14.7 Å². The summed E-state index contributed by atoms with van der Waals surface area (Å²) in [5.74, 6) is -0.339. The van der Waals surface area contributed by atoms with E-state index in [0.717, 1.165) is 27.1 Å². The molecule has 0 spiro atoms. The van der Waals surface area contributed by atoms with E-state index in [1.54, 1.807) is 42.5 Å². The van der Waals surface area contributed by atoms with Crippen molar-refractivity contribution in [2.45, 2.75) is 32.4 Å². The molecule has 2 aliphatic rings. The summed E-state index contributed by atoms with van der Waals surface area (Å²) in [7, 11) is 0. The Morgan fingerprint density at radius 1 is 1.18 bits per heavy atom. The van der Waals surface area contributed by atoms with Crippen LogP contribution < -0.4 is 14.4 Å². The number of aromatic nitrogens is 1. The molecule has 6 rings (SSSR count). The summed E-state index contributed by atoms with van der Waals surface area (Å²) in [6, 6.07) is 17.5. The van der Waals surface area contributed by atoms with Gasteiger partial charge in [0.2, 0.25) is 0 Å². The molecule has 3 heterocycles. The molecule has 0 aliphatic carbocycles. The highest BCUT2D eigenvalue weighted by atomic mass is 32.1. The summed E-state index contributed by atoms with van der Waals surface area (Å²) in [5.41, 5.74) is 3.88. The number of thiazole rings is 1. The summed E-state index contributed by atoms with van der Waals surface area (Å²) in [6.07, 6.45) is 2.39. The lowest BCUT2D eigenvalue weighted by Crippen LogP contribution is -2.29. The molecule has 1 fully saturated rings. The molecular formula is C31H26N2O5S. The SMILES string of the molecule is C=CCOc1ccc([C@@H]2/C(=C(\O)c3ccc4c(c3)C[C@@H](C)O4)C(=O)C(=O)N2c2nc3ccc(C)cc3s2)cc1. The van der Waals surface area contributed by atoms with Crippen molar-refractivity contribution in [2.75, 3.05) is 11.5 Å². The number of hydrogen-bond acceptors (Lipinski definition) is 7. The van der Waals surface area contributed by atoms with Gasteiger partial charge in [-0.15, -0.1) is 0 Å². The Bertz CT molecular complexity index is 1670. The summed E-state index contributed by atoms with van der Waals surface area (Å²) >= 11 is 1.34. The average molecular weight is 539 g/mol. The normalized spacial score (nSPS) is 19.8. The molecule has 0 radical (unpaired) electrons. The Hall–Kier alpha value is -4.43. The lowest BCUT2D eigenvalue weighted by atomic mass is 9.94. The maximum atomic E-state index is 13.6. The topological polar surface area (TPSA) is 89.0 Å². The summed E-state index contributed by atoms with van der Waals surface area (Å²) in [6.45, 7) is 7.99. The molecular weight excluding hydrogens is 512 g/mol. The fraction of sp³-hybridized carbons (Fsp3) is 0.194. The molecule has 1 amide bonds. The molecule has 2 aliphatic heterocycles. The van der Waals surface area contributed by atoms with Crippen LogP contribution in [-0.4, -0.2) is 34.5 Å². The Labute approximate surface area is 229 Å². The predicted octanol–water partition coefficient (Wildman–Crippen LogP) is 6.12. The number of benzene rings is 3. The number of aliphatic hydroxyl groups is 1. The predicted molar refractivity (Wildman–Crippen MR) is 152 cm³/mol. The highest BCUT2D eigenvalue weighted by Crippen LogP contribution is 2.45. The van der Waals surface area contributed by atoms with E-state index in [1.807, 2.05) is 38.1 Å². The third-order valence-corrected chi connectivity index (χ3v) is 7.93. The molecule has 3 aromatic carbocycles. The first-order chi connectivity index (χ1) is 18.8. The molecule has 0 unspecified atom stereocenters. The second-order valence-electron chi connectivity index (χ2n) is 9.76. The third kappa shape index (κ3) is 4.36. The number of carbonyl (C=O) groups is 2. The number of fused-ring (bicyclic) bond motifs is 2. The number of rotatable bonds is 6. The van der Waals surface area contributed by atoms with E-state index in [0.29, 0.717) is 35.0 Å². The smallest absolute Gasteiger partial charge is 0.301 e. The summed E-state index contributed by atoms with van der Waals surface area (Å²) in [5, 5.41) is 11.9. The molecule has 0 bridgehead atoms. The zero-order chi connectivity index (χ0) is 27.3. The van der Waals surface area contributed by atoms with Crippen molar-refractivity contribution in [1.29, 1.82) is 0 Å². The lowest BCUT2D eigenvalue weighted by Gasteiger charge is -2.23. The van der Waals surface area contributed by atoms with Crippen molar-refractivity contribution in [2.24, 2.45) is 0 Å². The molecule has 4 aromatic rings. The zero-order valence-electron chi connectivity index (χ0n) is 21.5. The van der Waals surface area contributed by atoms with Gasteiger partial charge in [-0.25, -0.2) is 4.98 Å². The van der Waals surface area contributed by atoms with Crippen molar-refractivity contribution in [3.05, 3.63) is 101 Å². The number of anilines is 1. The van der Waals surface area contributed by atoms with E-state index in [2.05, 4.69) is 6.58 Å². The first kappa shape index (κ1) is 24.9. The van der Waals surface area contributed by atoms with Crippen LogP contribution in [0.15, 0.2) is 78.9 Å².